The van der Waals surface area contributed by atoms with Gasteiger partial charge in [0, 0.05) is 6.04 Å². The molecule has 1 aromatic rings. The van der Waals surface area contributed by atoms with E-state index in [1.54, 1.807) is 12.1 Å². The number of benzene rings is 1. The lowest BCUT2D eigenvalue weighted by atomic mass is 9.99. The Morgan fingerprint density at radius 3 is 2.53 bits per heavy atom. The maximum atomic E-state index is 12.7. The third-order valence-corrected chi connectivity index (χ3v) is 2.70. The molecule has 1 saturated heterocycles. The molecule has 0 spiro atoms. The van der Waals surface area contributed by atoms with E-state index in [0.29, 0.717) is 5.56 Å². The molecule has 0 amide bonds. The summed E-state index contributed by atoms with van der Waals surface area (Å²) in [5, 5.41) is 3.09. The Hall–Kier alpha value is -1.03. The Balaban J connectivity index is 2.37. The van der Waals surface area contributed by atoms with Gasteiger partial charge >= 0.3 is 6.18 Å². The number of hydrogen-bond donors (Lipinski definition) is 1. The predicted molar refractivity (Wildman–Crippen MR) is 51.4 cm³/mol. The summed E-state index contributed by atoms with van der Waals surface area (Å²) >= 11 is 0. The van der Waals surface area contributed by atoms with Gasteiger partial charge in [-0.05, 0) is 31.0 Å². The van der Waals surface area contributed by atoms with Crippen LogP contribution in [0.5, 0.6) is 0 Å². The fourth-order valence-corrected chi connectivity index (χ4v) is 2.01. The van der Waals surface area contributed by atoms with E-state index in [9.17, 15) is 13.2 Å². The Labute approximate surface area is 86.3 Å². The topological polar surface area (TPSA) is 12.0 Å². The van der Waals surface area contributed by atoms with Crippen molar-refractivity contribution in [1.82, 2.24) is 5.32 Å². The summed E-state index contributed by atoms with van der Waals surface area (Å²) in [6.45, 7) is 0.802. The average molecular weight is 215 g/mol. The van der Waals surface area contributed by atoms with Crippen LogP contribution in [0.15, 0.2) is 24.3 Å². The van der Waals surface area contributed by atoms with Crippen molar-refractivity contribution >= 4 is 0 Å². The second-order valence-corrected chi connectivity index (χ2v) is 3.73. The molecule has 1 fully saturated rings. The summed E-state index contributed by atoms with van der Waals surface area (Å²) in [6, 6.07) is 5.66. The summed E-state index contributed by atoms with van der Waals surface area (Å²) in [4.78, 5) is 0. The number of rotatable bonds is 1. The predicted octanol–water partition coefficient (Wildman–Crippen LogP) is 3.13. The quantitative estimate of drug-likeness (QED) is 0.758. The van der Waals surface area contributed by atoms with E-state index >= 15 is 0 Å². The van der Waals surface area contributed by atoms with Crippen molar-refractivity contribution in [3.8, 4) is 0 Å². The molecule has 82 valence electrons. The van der Waals surface area contributed by atoms with Crippen molar-refractivity contribution in [3.05, 3.63) is 35.4 Å². The summed E-state index contributed by atoms with van der Waals surface area (Å²) in [5.41, 5.74) is -0.132. The average Bonchev–Trinajstić information content (AvgIpc) is 2.69. The van der Waals surface area contributed by atoms with E-state index < -0.39 is 11.7 Å². The molecule has 1 heterocycles. The molecule has 2 rings (SSSR count). The highest BCUT2D eigenvalue weighted by molar-refractivity contribution is 5.32. The van der Waals surface area contributed by atoms with Gasteiger partial charge in [0.25, 0.3) is 0 Å². The van der Waals surface area contributed by atoms with Crippen molar-refractivity contribution in [2.45, 2.75) is 25.1 Å². The molecule has 1 aliphatic heterocycles. The number of alkyl halides is 3. The zero-order chi connectivity index (χ0) is 10.9. The molecular weight excluding hydrogens is 203 g/mol. The molecule has 1 N–H and O–H groups in total. The molecule has 1 aromatic carbocycles. The SMILES string of the molecule is FC(F)(F)c1ccccc1[C@@H]1CCCN1. The number of halogens is 3. The molecular formula is C11H12F3N. The molecule has 1 nitrogen and oxygen atoms in total. The first-order valence-electron chi connectivity index (χ1n) is 4.98. The van der Waals surface area contributed by atoms with Gasteiger partial charge in [-0.1, -0.05) is 18.2 Å². The van der Waals surface area contributed by atoms with Gasteiger partial charge < -0.3 is 5.32 Å². The van der Waals surface area contributed by atoms with E-state index in [4.69, 9.17) is 0 Å². The van der Waals surface area contributed by atoms with Gasteiger partial charge in [0.05, 0.1) is 5.56 Å². The standard InChI is InChI=1S/C11H12F3N/c12-11(13,14)9-5-2-1-4-8(9)10-6-3-7-15-10/h1-2,4-5,10,15H,3,6-7H2/t10-/m0/s1. The van der Waals surface area contributed by atoms with Crippen LogP contribution in [0, 0.1) is 0 Å². The van der Waals surface area contributed by atoms with Gasteiger partial charge in [-0.3, -0.25) is 0 Å². The van der Waals surface area contributed by atoms with E-state index in [1.807, 2.05) is 0 Å². The van der Waals surface area contributed by atoms with Crippen LogP contribution in [0.4, 0.5) is 13.2 Å². The minimum Gasteiger partial charge on any atom is -0.310 e. The van der Waals surface area contributed by atoms with Crippen molar-refractivity contribution in [3.63, 3.8) is 0 Å². The summed E-state index contributed by atoms with van der Waals surface area (Å²) in [5.74, 6) is 0. The molecule has 0 aliphatic carbocycles. The Morgan fingerprint density at radius 2 is 1.93 bits per heavy atom. The van der Waals surface area contributed by atoms with Crippen LogP contribution in [-0.4, -0.2) is 6.54 Å². The summed E-state index contributed by atoms with van der Waals surface area (Å²) < 4.78 is 38.0. The van der Waals surface area contributed by atoms with Crippen LogP contribution in [-0.2, 0) is 6.18 Å². The maximum absolute atomic E-state index is 12.7. The molecule has 15 heavy (non-hydrogen) atoms. The number of nitrogens with one attached hydrogen (secondary N) is 1. The van der Waals surface area contributed by atoms with Gasteiger partial charge in [-0.15, -0.1) is 0 Å². The first-order valence-corrected chi connectivity index (χ1v) is 4.98. The molecule has 0 unspecified atom stereocenters. The van der Waals surface area contributed by atoms with Crippen molar-refractivity contribution in [1.29, 1.82) is 0 Å². The third kappa shape index (κ3) is 2.15. The Morgan fingerprint density at radius 1 is 1.20 bits per heavy atom. The summed E-state index contributed by atoms with van der Waals surface area (Å²) in [6.07, 6.45) is -2.52. The lowest BCUT2D eigenvalue weighted by Gasteiger charge is -2.17. The van der Waals surface area contributed by atoms with Crippen LogP contribution in [0.2, 0.25) is 0 Å². The van der Waals surface area contributed by atoms with Crippen molar-refractivity contribution in [2.75, 3.05) is 6.54 Å². The minimum absolute atomic E-state index is 0.136. The fraction of sp³-hybridized carbons (Fsp3) is 0.455. The van der Waals surface area contributed by atoms with Gasteiger partial charge in [0.1, 0.15) is 0 Å². The molecule has 0 saturated carbocycles. The second kappa shape index (κ2) is 3.85. The van der Waals surface area contributed by atoms with Gasteiger partial charge in [0.15, 0.2) is 0 Å². The lowest BCUT2D eigenvalue weighted by Crippen LogP contribution is -2.18. The molecule has 1 atom stereocenters. The fourth-order valence-electron chi connectivity index (χ4n) is 2.01. The maximum Gasteiger partial charge on any atom is 0.416 e. The normalized spacial score (nSPS) is 21.9. The molecule has 1 aliphatic rings. The van der Waals surface area contributed by atoms with Crippen molar-refractivity contribution < 1.29 is 13.2 Å². The Kier molecular flexibility index (Phi) is 2.69. The van der Waals surface area contributed by atoms with Gasteiger partial charge in [-0.25, -0.2) is 0 Å². The zero-order valence-electron chi connectivity index (χ0n) is 8.14. The van der Waals surface area contributed by atoms with Crippen LogP contribution in [0.1, 0.15) is 30.0 Å². The van der Waals surface area contributed by atoms with Crippen molar-refractivity contribution in [2.24, 2.45) is 0 Å². The van der Waals surface area contributed by atoms with Crippen LogP contribution in [0.3, 0.4) is 0 Å². The number of hydrogen-bond acceptors (Lipinski definition) is 1. The second-order valence-electron chi connectivity index (χ2n) is 3.73. The van der Waals surface area contributed by atoms with Gasteiger partial charge in [-0.2, -0.15) is 13.2 Å². The lowest BCUT2D eigenvalue weighted by molar-refractivity contribution is -0.138. The first-order chi connectivity index (χ1) is 7.09. The Bertz CT molecular complexity index is 340. The first kappa shape index (κ1) is 10.5. The molecule has 0 bridgehead atoms. The molecule has 0 radical (unpaired) electrons. The largest absolute Gasteiger partial charge is 0.416 e. The zero-order valence-corrected chi connectivity index (χ0v) is 8.14. The van der Waals surface area contributed by atoms with E-state index in [1.165, 1.54) is 6.07 Å². The molecule has 0 aromatic heterocycles. The van der Waals surface area contributed by atoms with Crippen LogP contribution >= 0.6 is 0 Å². The van der Waals surface area contributed by atoms with E-state index in [-0.39, 0.29) is 6.04 Å². The highest BCUT2D eigenvalue weighted by atomic mass is 19.4. The third-order valence-electron chi connectivity index (χ3n) is 2.70. The summed E-state index contributed by atoms with van der Waals surface area (Å²) in [7, 11) is 0. The molecule has 4 heteroatoms. The van der Waals surface area contributed by atoms with Crippen LogP contribution < -0.4 is 5.32 Å². The van der Waals surface area contributed by atoms with E-state index in [0.717, 1.165) is 25.5 Å². The van der Waals surface area contributed by atoms with Crippen LogP contribution in [0.25, 0.3) is 0 Å². The van der Waals surface area contributed by atoms with E-state index in [2.05, 4.69) is 5.32 Å². The monoisotopic (exact) mass is 215 g/mol. The highest BCUT2D eigenvalue weighted by Gasteiger charge is 2.35. The highest BCUT2D eigenvalue weighted by Crippen LogP contribution is 2.36. The smallest absolute Gasteiger partial charge is 0.310 e. The van der Waals surface area contributed by atoms with Gasteiger partial charge in [0.2, 0.25) is 0 Å². The minimum atomic E-state index is -4.25.